The van der Waals surface area contributed by atoms with Gasteiger partial charge in [0, 0.05) is 0 Å². The van der Waals surface area contributed by atoms with Crippen LogP contribution in [-0.4, -0.2) is 8.32 Å². The normalized spacial score (nSPS) is 13.5. The SMILES string of the molecule is C/C=C(\C)O[Si](C)(C)CC. The van der Waals surface area contributed by atoms with Gasteiger partial charge >= 0.3 is 0 Å². The van der Waals surface area contributed by atoms with Gasteiger partial charge in [-0.3, -0.25) is 0 Å². The molecule has 0 radical (unpaired) electrons. The van der Waals surface area contributed by atoms with Crippen molar-refractivity contribution in [3.05, 3.63) is 11.8 Å². The Hall–Kier alpha value is -0.243. The number of allylic oxidation sites excluding steroid dienone is 2. The number of hydrogen-bond donors (Lipinski definition) is 0. The van der Waals surface area contributed by atoms with E-state index < -0.39 is 8.32 Å². The lowest BCUT2D eigenvalue weighted by Gasteiger charge is -2.22. The van der Waals surface area contributed by atoms with Crippen molar-refractivity contribution in [3.63, 3.8) is 0 Å². The highest BCUT2D eigenvalue weighted by Crippen LogP contribution is 2.14. The van der Waals surface area contributed by atoms with Crippen LogP contribution < -0.4 is 0 Å². The molecule has 0 bridgehead atoms. The van der Waals surface area contributed by atoms with Crippen LogP contribution in [0.15, 0.2) is 11.8 Å². The van der Waals surface area contributed by atoms with Crippen molar-refractivity contribution in [2.75, 3.05) is 0 Å². The zero-order valence-electron chi connectivity index (χ0n) is 7.69. The molecular weight excluding hydrogens is 140 g/mol. The second-order valence-corrected chi connectivity index (χ2v) is 7.55. The largest absolute Gasteiger partial charge is 0.548 e. The van der Waals surface area contributed by atoms with E-state index in [0.29, 0.717) is 0 Å². The zero-order chi connectivity index (χ0) is 8.20. The van der Waals surface area contributed by atoms with E-state index in [1.54, 1.807) is 0 Å². The Bertz CT molecular complexity index is 127. The Labute approximate surface area is 65.2 Å². The van der Waals surface area contributed by atoms with Crippen LogP contribution in [0.3, 0.4) is 0 Å². The summed E-state index contributed by atoms with van der Waals surface area (Å²) in [5.41, 5.74) is 0. The van der Waals surface area contributed by atoms with Gasteiger partial charge in [0.2, 0.25) is 8.32 Å². The van der Waals surface area contributed by atoms with Gasteiger partial charge in [-0.05, 0) is 33.0 Å². The summed E-state index contributed by atoms with van der Waals surface area (Å²) in [5.74, 6) is 1.07. The molecule has 0 aromatic rings. The van der Waals surface area contributed by atoms with E-state index in [4.69, 9.17) is 4.43 Å². The van der Waals surface area contributed by atoms with Crippen LogP contribution in [0.5, 0.6) is 0 Å². The van der Waals surface area contributed by atoms with Crippen LogP contribution >= 0.6 is 0 Å². The maximum Gasteiger partial charge on any atom is 0.244 e. The van der Waals surface area contributed by atoms with Gasteiger partial charge in [-0.1, -0.05) is 13.0 Å². The second-order valence-electron chi connectivity index (χ2n) is 3.11. The predicted molar refractivity (Wildman–Crippen MR) is 48.5 cm³/mol. The summed E-state index contributed by atoms with van der Waals surface area (Å²) >= 11 is 0. The third-order valence-electron chi connectivity index (χ3n) is 1.70. The molecule has 60 valence electrons. The van der Waals surface area contributed by atoms with Crippen molar-refractivity contribution < 1.29 is 4.43 Å². The molecule has 0 rings (SSSR count). The van der Waals surface area contributed by atoms with Crippen molar-refractivity contribution in [3.8, 4) is 0 Å². The van der Waals surface area contributed by atoms with Crippen molar-refractivity contribution in [2.45, 2.75) is 39.9 Å². The molecule has 0 aliphatic carbocycles. The molecule has 0 fully saturated rings. The minimum absolute atomic E-state index is 1.07. The molecule has 2 heteroatoms. The van der Waals surface area contributed by atoms with Crippen LogP contribution in [0.2, 0.25) is 19.1 Å². The lowest BCUT2D eigenvalue weighted by molar-refractivity contribution is 0.418. The van der Waals surface area contributed by atoms with Crippen LogP contribution in [0, 0.1) is 0 Å². The van der Waals surface area contributed by atoms with E-state index in [1.807, 2.05) is 19.9 Å². The third kappa shape index (κ3) is 3.72. The van der Waals surface area contributed by atoms with E-state index in [2.05, 4.69) is 20.0 Å². The van der Waals surface area contributed by atoms with Crippen LogP contribution in [0.1, 0.15) is 20.8 Å². The van der Waals surface area contributed by atoms with Gasteiger partial charge in [0.25, 0.3) is 0 Å². The Morgan fingerprint density at radius 1 is 1.50 bits per heavy atom. The van der Waals surface area contributed by atoms with Crippen LogP contribution in [0.25, 0.3) is 0 Å². The minimum atomic E-state index is -1.33. The molecule has 0 spiro atoms. The van der Waals surface area contributed by atoms with E-state index in [0.717, 1.165) is 5.76 Å². The molecule has 0 unspecified atom stereocenters. The molecule has 0 atom stereocenters. The molecule has 0 amide bonds. The Balaban J connectivity index is 3.88. The lowest BCUT2D eigenvalue weighted by Crippen LogP contribution is -2.27. The average molecular weight is 158 g/mol. The summed E-state index contributed by atoms with van der Waals surface area (Å²) in [7, 11) is -1.33. The maximum absolute atomic E-state index is 5.74. The highest BCUT2D eigenvalue weighted by atomic mass is 28.4. The molecule has 0 aromatic carbocycles. The first-order valence-corrected chi connectivity index (χ1v) is 6.95. The zero-order valence-corrected chi connectivity index (χ0v) is 8.69. The molecule has 10 heavy (non-hydrogen) atoms. The van der Waals surface area contributed by atoms with Gasteiger partial charge < -0.3 is 4.43 Å². The summed E-state index contributed by atoms with van der Waals surface area (Å²) in [6.45, 7) is 10.7. The van der Waals surface area contributed by atoms with Crippen molar-refractivity contribution in [2.24, 2.45) is 0 Å². The first kappa shape index (κ1) is 9.76. The van der Waals surface area contributed by atoms with Crippen molar-refractivity contribution in [1.29, 1.82) is 0 Å². The highest BCUT2D eigenvalue weighted by molar-refractivity contribution is 6.71. The molecule has 0 aliphatic rings. The number of rotatable bonds is 3. The molecule has 1 nitrogen and oxygen atoms in total. The summed E-state index contributed by atoms with van der Waals surface area (Å²) in [4.78, 5) is 0. The second kappa shape index (κ2) is 3.81. The Kier molecular flexibility index (Phi) is 3.72. The highest BCUT2D eigenvalue weighted by Gasteiger charge is 2.20. The Morgan fingerprint density at radius 2 is 2.00 bits per heavy atom. The fraction of sp³-hybridized carbons (Fsp3) is 0.750. The van der Waals surface area contributed by atoms with Gasteiger partial charge in [-0.2, -0.15) is 0 Å². The van der Waals surface area contributed by atoms with Crippen molar-refractivity contribution in [1.82, 2.24) is 0 Å². The summed E-state index contributed by atoms with van der Waals surface area (Å²) < 4.78 is 5.74. The van der Waals surface area contributed by atoms with Crippen LogP contribution in [-0.2, 0) is 4.43 Å². The summed E-state index contributed by atoms with van der Waals surface area (Å²) in [5, 5.41) is 0. The Morgan fingerprint density at radius 3 is 2.30 bits per heavy atom. The maximum atomic E-state index is 5.74. The van der Waals surface area contributed by atoms with Gasteiger partial charge in [-0.15, -0.1) is 0 Å². The van der Waals surface area contributed by atoms with Gasteiger partial charge in [0.05, 0.1) is 5.76 Å². The fourth-order valence-electron chi connectivity index (χ4n) is 0.567. The van der Waals surface area contributed by atoms with Gasteiger partial charge in [0.1, 0.15) is 0 Å². The molecule has 0 heterocycles. The fourth-order valence-corrected chi connectivity index (χ4v) is 1.70. The van der Waals surface area contributed by atoms with Crippen LogP contribution in [0.4, 0.5) is 0 Å². The van der Waals surface area contributed by atoms with E-state index in [-0.39, 0.29) is 0 Å². The van der Waals surface area contributed by atoms with Crippen molar-refractivity contribution >= 4 is 8.32 Å². The minimum Gasteiger partial charge on any atom is -0.548 e. The molecule has 0 N–H and O–H groups in total. The first-order chi connectivity index (χ1) is 4.52. The molecule has 0 saturated heterocycles. The van der Waals surface area contributed by atoms with E-state index in [9.17, 15) is 0 Å². The quantitative estimate of drug-likeness (QED) is 0.453. The van der Waals surface area contributed by atoms with Gasteiger partial charge in [0.15, 0.2) is 0 Å². The standard InChI is InChI=1S/C8H18OSi/c1-6-8(3)9-10(4,5)7-2/h6H,7H2,1-5H3/b8-6+. The molecule has 0 aliphatic heterocycles. The first-order valence-electron chi connectivity index (χ1n) is 3.83. The summed E-state index contributed by atoms with van der Waals surface area (Å²) in [6, 6.07) is 1.18. The monoisotopic (exact) mass is 158 g/mol. The topological polar surface area (TPSA) is 9.23 Å². The average Bonchev–Trinajstić information content (AvgIpc) is 1.87. The molecular formula is C8H18OSi. The third-order valence-corrected chi connectivity index (χ3v) is 4.27. The predicted octanol–water partition coefficient (Wildman–Crippen LogP) is 3.15. The van der Waals surface area contributed by atoms with E-state index in [1.165, 1.54) is 6.04 Å². The molecule has 0 saturated carbocycles. The van der Waals surface area contributed by atoms with E-state index >= 15 is 0 Å². The number of hydrogen-bond acceptors (Lipinski definition) is 1. The summed E-state index contributed by atoms with van der Waals surface area (Å²) in [6.07, 6.45) is 2.02. The smallest absolute Gasteiger partial charge is 0.244 e. The lowest BCUT2D eigenvalue weighted by atomic mass is 10.5. The molecule has 0 aromatic heterocycles. The van der Waals surface area contributed by atoms with Gasteiger partial charge in [-0.25, -0.2) is 0 Å².